The van der Waals surface area contributed by atoms with Crippen molar-refractivity contribution < 1.29 is 17.7 Å². The highest BCUT2D eigenvalue weighted by molar-refractivity contribution is 14.1. The second kappa shape index (κ2) is 8.44. The molecule has 4 rings (SSSR count). The largest absolute Gasteiger partial charge is 0.390 e. The molecule has 2 amide bonds. The lowest BCUT2D eigenvalue weighted by molar-refractivity contribution is -0.0327. The smallest absolute Gasteiger partial charge is 0.329 e. The average molecular weight is 512 g/mol. The number of fused-ring (bicyclic) bond motifs is 1. The SMILES string of the molecule is O=C(Nc1ccccc1)Nc1ncnc2c1[nH]c(=O)n2[C@H]1CC(O)C(COI)O1. The molecule has 1 fully saturated rings. The molecule has 2 unspecified atom stereocenters. The molecule has 11 nitrogen and oxygen atoms in total. The van der Waals surface area contributed by atoms with Gasteiger partial charge < -0.3 is 23.2 Å². The molecule has 3 atom stereocenters. The topological polar surface area (TPSA) is 143 Å². The van der Waals surface area contributed by atoms with E-state index >= 15 is 0 Å². The lowest BCUT2D eigenvalue weighted by Crippen LogP contribution is -2.25. The van der Waals surface area contributed by atoms with Crippen LogP contribution >= 0.6 is 23.0 Å². The number of aromatic nitrogens is 4. The van der Waals surface area contributed by atoms with Gasteiger partial charge in [0.1, 0.15) is 47.2 Å². The number of H-pyrrole nitrogens is 1. The Bertz CT molecular complexity index is 1070. The van der Waals surface area contributed by atoms with Crippen LogP contribution in [0.4, 0.5) is 16.3 Å². The Labute approximate surface area is 178 Å². The Morgan fingerprint density at radius 1 is 1.34 bits per heavy atom. The number of para-hydroxylation sites is 1. The van der Waals surface area contributed by atoms with Crippen molar-refractivity contribution in [1.82, 2.24) is 19.5 Å². The van der Waals surface area contributed by atoms with Gasteiger partial charge in [0.25, 0.3) is 0 Å². The second-order valence-corrected chi connectivity index (χ2v) is 7.00. The molecule has 29 heavy (non-hydrogen) atoms. The first-order valence-electron chi connectivity index (χ1n) is 8.72. The van der Waals surface area contributed by atoms with Crippen LogP contribution in [-0.2, 0) is 7.80 Å². The fourth-order valence-corrected chi connectivity index (χ4v) is 3.53. The second-order valence-electron chi connectivity index (χ2n) is 6.37. The van der Waals surface area contributed by atoms with E-state index in [1.54, 1.807) is 47.3 Å². The number of urea groups is 1. The summed E-state index contributed by atoms with van der Waals surface area (Å²) in [7, 11) is 0. The summed E-state index contributed by atoms with van der Waals surface area (Å²) < 4.78 is 12.1. The van der Waals surface area contributed by atoms with E-state index in [0.29, 0.717) is 5.69 Å². The number of benzene rings is 1. The Kier molecular flexibility index (Phi) is 5.75. The van der Waals surface area contributed by atoms with Crippen LogP contribution in [0.1, 0.15) is 12.6 Å². The van der Waals surface area contributed by atoms with E-state index in [9.17, 15) is 14.7 Å². The minimum atomic E-state index is -0.775. The number of hydrogen-bond acceptors (Lipinski definition) is 7. The van der Waals surface area contributed by atoms with Gasteiger partial charge in [0.2, 0.25) is 0 Å². The van der Waals surface area contributed by atoms with Gasteiger partial charge in [0.05, 0.1) is 12.7 Å². The van der Waals surface area contributed by atoms with Gasteiger partial charge in [0.15, 0.2) is 11.5 Å². The number of imidazole rings is 1. The molecular weight excluding hydrogens is 495 g/mol. The van der Waals surface area contributed by atoms with E-state index in [4.69, 9.17) is 7.80 Å². The van der Waals surface area contributed by atoms with Crippen molar-refractivity contribution in [2.75, 3.05) is 17.2 Å². The summed E-state index contributed by atoms with van der Waals surface area (Å²) in [5, 5.41) is 15.4. The zero-order chi connectivity index (χ0) is 20.4. The average Bonchev–Trinajstić information content (AvgIpc) is 3.22. The van der Waals surface area contributed by atoms with Gasteiger partial charge in [-0.1, -0.05) is 18.2 Å². The maximum atomic E-state index is 12.5. The van der Waals surface area contributed by atoms with Crippen molar-refractivity contribution in [3.63, 3.8) is 0 Å². The molecule has 3 aromatic rings. The first-order valence-corrected chi connectivity index (χ1v) is 9.60. The Morgan fingerprint density at radius 2 is 2.14 bits per heavy atom. The highest BCUT2D eigenvalue weighted by Crippen LogP contribution is 2.30. The molecule has 0 aliphatic carbocycles. The van der Waals surface area contributed by atoms with Crippen molar-refractivity contribution in [3.8, 4) is 0 Å². The van der Waals surface area contributed by atoms with E-state index in [1.807, 2.05) is 6.07 Å². The monoisotopic (exact) mass is 512 g/mol. The van der Waals surface area contributed by atoms with Crippen LogP contribution in [0.2, 0.25) is 0 Å². The summed E-state index contributed by atoms with van der Waals surface area (Å²) in [5.74, 6) is 0.143. The van der Waals surface area contributed by atoms with Gasteiger partial charge in [0, 0.05) is 12.1 Å². The fourth-order valence-electron chi connectivity index (χ4n) is 3.18. The van der Waals surface area contributed by atoms with Crippen LogP contribution in [0.3, 0.4) is 0 Å². The van der Waals surface area contributed by atoms with Crippen molar-refractivity contribution in [3.05, 3.63) is 47.1 Å². The van der Waals surface area contributed by atoms with Crippen LogP contribution in [0, 0.1) is 0 Å². The van der Waals surface area contributed by atoms with E-state index < -0.39 is 30.2 Å². The van der Waals surface area contributed by atoms with Gasteiger partial charge >= 0.3 is 11.7 Å². The molecule has 2 aromatic heterocycles. The molecule has 0 bridgehead atoms. The number of amides is 2. The highest BCUT2D eigenvalue weighted by atomic mass is 127. The zero-order valence-corrected chi connectivity index (χ0v) is 17.1. The summed E-state index contributed by atoms with van der Waals surface area (Å²) in [4.78, 5) is 35.7. The number of hydrogen-bond donors (Lipinski definition) is 4. The Morgan fingerprint density at radius 3 is 2.90 bits per heavy atom. The summed E-state index contributed by atoms with van der Waals surface area (Å²) in [6, 6.07) is 8.39. The lowest BCUT2D eigenvalue weighted by atomic mass is 10.2. The molecule has 3 heterocycles. The normalized spacial score (nSPS) is 21.4. The molecule has 4 N–H and O–H groups in total. The number of anilines is 2. The van der Waals surface area contributed by atoms with Crippen molar-refractivity contribution in [2.45, 2.75) is 24.9 Å². The maximum absolute atomic E-state index is 12.5. The number of ether oxygens (including phenoxy) is 1. The summed E-state index contributed by atoms with van der Waals surface area (Å²) in [6.07, 6.45) is -0.601. The van der Waals surface area contributed by atoms with Crippen LogP contribution in [0.5, 0.6) is 0 Å². The maximum Gasteiger partial charge on any atom is 0.329 e. The predicted octanol–water partition coefficient (Wildman–Crippen LogP) is 1.78. The highest BCUT2D eigenvalue weighted by Gasteiger charge is 2.37. The van der Waals surface area contributed by atoms with Gasteiger partial charge in [-0.3, -0.25) is 5.32 Å². The quantitative estimate of drug-likeness (QED) is 0.382. The molecule has 1 aromatic carbocycles. The molecule has 0 radical (unpaired) electrons. The Balaban J connectivity index is 1.59. The minimum Gasteiger partial charge on any atom is -0.390 e. The summed E-state index contributed by atoms with van der Waals surface area (Å²) in [5.41, 5.74) is 0.638. The number of carbonyl (C=O) groups excluding carboxylic acids is 1. The van der Waals surface area contributed by atoms with Gasteiger partial charge in [-0.05, 0) is 12.1 Å². The molecule has 0 saturated carbocycles. The van der Waals surface area contributed by atoms with Crippen LogP contribution in [0.15, 0.2) is 41.5 Å². The number of halogens is 1. The summed E-state index contributed by atoms with van der Waals surface area (Å²) >= 11 is 1.72. The molecular formula is C17H17IN6O5. The van der Waals surface area contributed by atoms with E-state index in [2.05, 4.69) is 25.6 Å². The van der Waals surface area contributed by atoms with Crippen molar-refractivity contribution in [2.24, 2.45) is 0 Å². The molecule has 1 aliphatic rings. The number of nitrogens with one attached hydrogen (secondary N) is 3. The third-order valence-electron chi connectivity index (χ3n) is 4.49. The fraction of sp³-hybridized carbons (Fsp3) is 0.294. The number of aromatic amines is 1. The number of aliphatic hydroxyl groups is 1. The number of aliphatic hydroxyl groups excluding tert-OH is 1. The molecule has 0 spiro atoms. The van der Waals surface area contributed by atoms with Gasteiger partial charge in [-0.15, -0.1) is 0 Å². The predicted molar refractivity (Wildman–Crippen MR) is 112 cm³/mol. The van der Waals surface area contributed by atoms with Crippen LogP contribution in [-0.4, -0.2) is 49.5 Å². The number of rotatable bonds is 5. The minimum absolute atomic E-state index is 0.143. The number of carbonyl (C=O) groups is 1. The van der Waals surface area contributed by atoms with Gasteiger partial charge in [-0.25, -0.2) is 24.1 Å². The van der Waals surface area contributed by atoms with E-state index in [0.717, 1.165) is 0 Å². The summed E-state index contributed by atoms with van der Waals surface area (Å²) in [6.45, 7) is 0.191. The van der Waals surface area contributed by atoms with Crippen LogP contribution < -0.4 is 16.3 Å². The third-order valence-corrected chi connectivity index (χ3v) is 4.85. The van der Waals surface area contributed by atoms with Gasteiger partial charge in [-0.2, -0.15) is 0 Å². The molecule has 1 saturated heterocycles. The third kappa shape index (κ3) is 4.10. The zero-order valence-electron chi connectivity index (χ0n) is 14.9. The van der Waals surface area contributed by atoms with E-state index in [1.165, 1.54) is 10.9 Å². The first kappa shape index (κ1) is 19.8. The molecule has 12 heteroatoms. The van der Waals surface area contributed by atoms with E-state index in [-0.39, 0.29) is 30.0 Å². The standard InChI is InChI=1S/C17H17IN6O5/c18-28-7-11-10(25)6-12(29-11)24-15-13(22-17(24)27)14(19-8-20-15)23-16(26)21-9-4-2-1-3-5-9/h1-5,8,10-12,25H,6-7H2,(H,22,27)(H2,19,20,21,23,26)/t10?,11?,12-/m1/s1. The Hall–Kier alpha value is -2.55. The lowest BCUT2D eigenvalue weighted by Gasteiger charge is -2.13. The van der Waals surface area contributed by atoms with Crippen molar-refractivity contribution in [1.29, 1.82) is 0 Å². The van der Waals surface area contributed by atoms with Crippen molar-refractivity contribution >= 4 is 51.7 Å². The molecule has 1 aliphatic heterocycles. The number of nitrogens with zero attached hydrogens (tertiary/aromatic N) is 3. The van der Waals surface area contributed by atoms with Crippen LogP contribution in [0.25, 0.3) is 11.2 Å². The first-order chi connectivity index (χ1) is 14.1. The molecule has 152 valence electrons.